The number of fused-ring (bicyclic) bond motifs is 10. The molecule has 0 N–H and O–H groups in total. The average molecular weight is 960 g/mol. The molecule has 0 saturated carbocycles. The van der Waals surface area contributed by atoms with Crippen molar-refractivity contribution in [2.24, 2.45) is 0 Å². The maximum absolute atomic E-state index is 5.42. The van der Waals surface area contributed by atoms with E-state index in [2.05, 4.69) is 184 Å². The molecular weight excluding hydrogens is 919 g/mol. The lowest BCUT2D eigenvalue weighted by Gasteiger charge is -2.15. The molecule has 0 fully saturated rings. The van der Waals surface area contributed by atoms with Crippen molar-refractivity contribution < 1.29 is 0 Å². The summed E-state index contributed by atoms with van der Waals surface area (Å²) in [5.74, 6) is 3.42. The Hall–Kier alpha value is -10.4. The Morgan fingerprint density at radius 2 is 0.640 bits per heavy atom. The topological polar surface area (TPSA) is 92.1 Å². The molecule has 9 heteroatoms. The Balaban J connectivity index is 0.932. The van der Waals surface area contributed by atoms with Crippen molar-refractivity contribution in [3.8, 4) is 74.3 Å². The van der Waals surface area contributed by atoms with Gasteiger partial charge in [0.15, 0.2) is 29.1 Å². The van der Waals surface area contributed by atoms with Gasteiger partial charge in [0.1, 0.15) is 0 Å². The first-order valence-corrected chi connectivity index (χ1v) is 25.0. The van der Waals surface area contributed by atoms with Crippen LogP contribution >= 0.6 is 0 Å². The maximum atomic E-state index is 5.42. The molecule has 9 nitrogen and oxygen atoms in total. The molecule has 15 aromatic rings. The fraction of sp³-hybridized carbons (Fsp3) is 0. The first-order chi connectivity index (χ1) is 37.2. The zero-order chi connectivity index (χ0) is 49.4. The predicted molar refractivity (Wildman–Crippen MR) is 303 cm³/mol. The summed E-state index contributed by atoms with van der Waals surface area (Å²) in [5.41, 5.74) is 12.9. The Morgan fingerprint density at radius 1 is 0.240 bits per heavy atom. The molecular formula is C66H41N9. The molecule has 0 aliphatic carbocycles. The Kier molecular flexibility index (Phi) is 9.67. The minimum absolute atomic E-state index is 0.528. The fourth-order valence-electron chi connectivity index (χ4n) is 11.1. The number of hydrogen-bond acceptors (Lipinski definition) is 6. The second-order valence-electron chi connectivity index (χ2n) is 18.7. The van der Waals surface area contributed by atoms with Crippen LogP contribution in [0.3, 0.4) is 0 Å². The van der Waals surface area contributed by atoms with Crippen molar-refractivity contribution in [3.63, 3.8) is 0 Å². The molecule has 350 valence electrons. The van der Waals surface area contributed by atoms with Crippen molar-refractivity contribution in [2.45, 2.75) is 0 Å². The van der Waals surface area contributed by atoms with E-state index in [0.29, 0.717) is 35.1 Å². The largest absolute Gasteiger partial charge is 0.309 e. The molecule has 0 radical (unpaired) electrons. The van der Waals surface area contributed by atoms with Gasteiger partial charge in [-0.15, -0.1) is 0 Å². The van der Waals surface area contributed by atoms with Crippen LogP contribution in [0, 0.1) is 0 Å². The molecule has 5 aromatic heterocycles. The average Bonchev–Trinajstić information content (AvgIpc) is 4.17. The molecule has 0 spiro atoms. The lowest BCUT2D eigenvalue weighted by atomic mass is 10.1. The smallest absolute Gasteiger partial charge is 0.238 e. The number of aromatic nitrogens is 9. The van der Waals surface area contributed by atoms with Crippen LogP contribution in [0.15, 0.2) is 249 Å². The third-order valence-corrected chi connectivity index (χ3v) is 14.4. The Bertz CT molecular complexity index is 4640. The van der Waals surface area contributed by atoms with E-state index in [1.165, 1.54) is 21.5 Å². The van der Waals surface area contributed by atoms with Crippen molar-refractivity contribution in [2.75, 3.05) is 0 Å². The van der Waals surface area contributed by atoms with Crippen LogP contribution < -0.4 is 0 Å². The van der Waals surface area contributed by atoms with E-state index >= 15 is 0 Å². The Labute approximate surface area is 430 Å². The number of para-hydroxylation sites is 5. The maximum Gasteiger partial charge on any atom is 0.238 e. The lowest BCUT2D eigenvalue weighted by Crippen LogP contribution is -2.06. The highest BCUT2D eigenvalue weighted by atomic mass is 15.2. The normalized spacial score (nSPS) is 11.7. The van der Waals surface area contributed by atoms with Gasteiger partial charge in [0.25, 0.3) is 0 Å². The monoisotopic (exact) mass is 959 g/mol. The molecule has 0 amide bonds. The van der Waals surface area contributed by atoms with E-state index < -0.39 is 0 Å². The molecule has 10 aromatic carbocycles. The van der Waals surface area contributed by atoms with Gasteiger partial charge in [0, 0.05) is 65.8 Å². The summed E-state index contributed by atoms with van der Waals surface area (Å²) in [5, 5.41) is 6.85. The van der Waals surface area contributed by atoms with Gasteiger partial charge in [-0.3, -0.25) is 4.57 Å². The van der Waals surface area contributed by atoms with Crippen molar-refractivity contribution in [1.29, 1.82) is 0 Å². The third kappa shape index (κ3) is 6.86. The van der Waals surface area contributed by atoms with Crippen molar-refractivity contribution in [3.05, 3.63) is 249 Å². The third-order valence-electron chi connectivity index (χ3n) is 14.4. The molecule has 5 heterocycles. The van der Waals surface area contributed by atoms with Gasteiger partial charge in [-0.1, -0.05) is 176 Å². The van der Waals surface area contributed by atoms with Gasteiger partial charge in [0.2, 0.25) is 5.95 Å². The van der Waals surface area contributed by atoms with E-state index in [0.717, 1.165) is 83.1 Å². The van der Waals surface area contributed by atoms with Crippen LogP contribution in [0.25, 0.3) is 140 Å². The first-order valence-electron chi connectivity index (χ1n) is 25.0. The standard InChI is InChI=1S/C66H41N9/c1-5-21-42(22-6-1)61-67-64(45-37-38-56-51(41-45)47-29-13-17-33-52(47)75(56)66-71-62(43-23-7-2-8-24-43)68-63(72-66)44-25-9-3-10-26-44)70-65(69-61)50-32-16-20-36-55(50)74-54-35-19-15-31-49(54)60-58(74)40-39-57-59(60)48-30-14-18-34-53(48)73(57)46-27-11-4-12-28-46/h1-41H. The van der Waals surface area contributed by atoms with Crippen LogP contribution in [0.5, 0.6) is 0 Å². The van der Waals surface area contributed by atoms with E-state index in [9.17, 15) is 0 Å². The number of benzene rings is 10. The highest BCUT2D eigenvalue weighted by molar-refractivity contribution is 6.29. The molecule has 0 saturated heterocycles. The second kappa shape index (κ2) is 17.1. The van der Waals surface area contributed by atoms with Gasteiger partial charge in [-0.05, 0) is 72.8 Å². The van der Waals surface area contributed by atoms with Crippen LogP contribution in [0.1, 0.15) is 0 Å². The van der Waals surface area contributed by atoms with Gasteiger partial charge >= 0.3 is 0 Å². The van der Waals surface area contributed by atoms with Crippen molar-refractivity contribution >= 4 is 65.4 Å². The summed E-state index contributed by atoms with van der Waals surface area (Å²) in [6.07, 6.45) is 0. The molecule has 0 atom stereocenters. The van der Waals surface area contributed by atoms with E-state index in [1.807, 2.05) is 78.9 Å². The van der Waals surface area contributed by atoms with Gasteiger partial charge in [-0.25, -0.2) is 19.9 Å². The van der Waals surface area contributed by atoms with E-state index in [-0.39, 0.29) is 0 Å². The molecule has 15 rings (SSSR count). The minimum atomic E-state index is 0.528. The van der Waals surface area contributed by atoms with Crippen LogP contribution in [0.2, 0.25) is 0 Å². The summed E-state index contributed by atoms with van der Waals surface area (Å²) in [4.78, 5) is 31.3. The zero-order valence-electron chi connectivity index (χ0n) is 40.2. The Morgan fingerprint density at radius 3 is 1.23 bits per heavy atom. The predicted octanol–water partition coefficient (Wildman–Crippen LogP) is 15.7. The SMILES string of the molecule is c1ccc(-c2nc(-c3ccc4c(c3)c3ccccc3n4-c3nc(-c4ccccc4)nc(-c4ccccc4)n3)nc(-c3ccccc3-n3c4ccccc4c4c5c6ccccc6n(-c6ccccc6)c5ccc43)n2)cc1. The van der Waals surface area contributed by atoms with Crippen LogP contribution in [0.4, 0.5) is 0 Å². The van der Waals surface area contributed by atoms with E-state index in [4.69, 9.17) is 29.9 Å². The van der Waals surface area contributed by atoms with E-state index in [1.54, 1.807) is 0 Å². The minimum Gasteiger partial charge on any atom is -0.309 e. The molecule has 0 aliphatic rings. The molecule has 0 aliphatic heterocycles. The quantitative estimate of drug-likeness (QED) is 0.151. The van der Waals surface area contributed by atoms with Gasteiger partial charge < -0.3 is 9.13 Å². The van der Waals surface area contributed by atoms with Gasteiger partial charge in [-0.2, -0.15) is 9.97 Å². The summed E-state index contributed by atoms with van der Waals surface area (Å²) in [7, 11) is 0. The summed E-state index contributed by atoms with van der Waals surface area (Å²) >= 11 is 0. The zero-order valence-corrected chi connectivity index (χ0v) is 40.2. The second-order valence-corrected chi connectivity index (χ2v) is 18.7. The van der Waals surface area contributed by atoms with Gasteiger partial charge in [0.05, 0.1) is 38.8 Å². The highest BCUT2D eigenvalue weighted by Crippen LogP contribution is 2.44. The fourth-order valence-corrected chi connectivity index (χ4v) is 11.1. The highest BCUT2D eigenvalue weighted by Gasteiger charge is 2.24. The van der Waals surface area contributed by atoms with Crippen LogP contribution in [-0.4, -0.2) is 43.6 Å². The lowest BCUT2D eigenvalue weighted by molar-refractivity contribution is 0.953. The first kappa shape index (κ1) is 42.3. The molecule has 0 unspecified atom stereocenters. The summed E-state index contributed by atoms with van der Waals surface area (Å²) in [6.45, 7) is 0. The number of hydrogen-bond donors (Lipinski definition) is 0. The molecule has 0 bridgehead atoms. The number of rotatable bonds is 8. The summed E-state index contributed by atoms with van der Waals surface area (Å²) in [6, 6.07) is 86.3. The summed E-state index contributed by atoms with van der Waals surface area (Å²) < 4.78 is 6.90. The van der Waals surface area contributed by atoms with Crippen molar-refractivity contribution in [1.82, 2.24) is 43.6 Å². The van der Waals surface area contributed by atoms with Crippen LogP contribution in [-0.2, 0) is 0 Å². The molecule has 75 heavy (non-hydrogen) atoms. The number of nitrogens with zero attached hydrogens (tertiary/aromatic N) is 9.